The summed E-state index contributed by atoms with van der Waals surface area (Å²) in [4.78, 5) is 0. The van der Waals surface area contributed by atoms with E-state index >= 15 is 0 Å². The average Bonchev–Trinajstić information content (AvgIpc) is 3.51. The predicted molar refractivity (Wildman–Crippen MR) is 96.5 cm³/mol. The van der Waals surface area contributed by atoms with Gasteiger partial charge in [-0.15, -0.1) is 0 Å². The quantitative estimate of drug-likeness (QED) is 0.342. The number of rotatable bonds is 13. The molecule has 2 rings (SSSR count). The molecule has 0 radical (unpaired) electrons. The fourth-order valence-corrected chi connectivity index (χ4v) is 6.90. The van der Waals surface area contributed by atoms with Crippen molar-refractivity contribution >= 4 is 17.6 Å². The predicted octanol–water partition coefficient (Wildman–Crippen LogP) is 1.70. The second-order valence-electron chi connectivity index (χ2n) is 5.60. The third kappa shape index (κ3) is 8.56. The molecule has 0 aromatic carbocycles. The normalized spacial score (nSPS) is 22.3. The third-order valence-corrected chi connectivity index (χ3v) is 9.75. The number of ether oxygens (including phenoxy) is 2. The molecule has 2 unspecified atom stereocenters. The molecular formula is C15H34O8Si2. The van der Waals surface area contributed by atoms with E-state index in [1.807, 2.05) is 20.8 Å². The highest BCUT2D eigenvalue weighted by atomic mass is 28.4. The van der Waals surface area contributed by atoms with Crippen LogP contribution < -0.4 is 0 Å². The van der Waals surface area contributed by atoms with E-state index in [-0.39, 0.29) is 0 Å². The molecule has 2 fully saturated rings. The lowest BCUT2D eigenvalue weighted by atomic mass is 10.6. The Bertz CT molecular complexity index is 323. The van der Waals surface area contributed by atoms with Crippen molar-refractivity contribution in [2.24, 2.45) is 0 Å². The van der Waals surface area contributed by atoms with Crippen molar-refractivity contribution in [3.8, 4) is 0 Å². The Morgan fingerprint density at radius 2 is 1.00 bits per heavy atom. The second-order valence-corrected chi connectivity index (χ2v) is 11.2. The van der Waals surface area contributed by atoms with Crippen molar-refractivity contribution in [1.82, 2.24) is 0 Å². The first-order chi connectivity index (χ1) is 12.0. The zero-order valence-electron chi connectivity index (χ0n) is 16.4. The molecule has 0 aliphatic carbocycles. The molecule has 2 saturated heterocycles. The Labute approximate surface area is 153 Å². The number of epoxide rings is 2. The smallest absolute Gasteiger partial charge is 0.377 e. The SMILES string of the molecule is CCO[Si](CC1CO1)(OCC)OCC.CO[Si](CC1CO1)(OC)OC. The highest BCUT2D eigenvalue weighted by Gasteiger charge is 2.46. The lowest BCUT2D eigenvalue weighted by Crippen LogP contribution is -2.47. The molecule has 0 spiro atoms. The minimum Gasteiger partial charge on any atom is -0.377 e. The van der Waals surface area contributed by atoms with Gasteiger partial charge in [-0.25, -0.2) is 0 Å². The highest BCUT2D eigenvalue weighted by Crippen LogP contribution is 2.26. The molecule has 0 amide bonds. The first-order valence-corrected chi connectivity index (χ1v) is 12.7. The molecule has 10 heteroatoms. The molecule has 0 N–H and O–H groups in total. The van der Waals surface area contributed by atoms with Crippen LogP contribution in [-0.2, 0) is 36.0 Å². The average molecular weight is 399 g/mol. The lowest BCUT2D eigenvalue weighted by molar-refractivity contribution is 0.0693. The maximum atomic E-state index is 5.68. The van der Waals surface area contributed by atoms with Crippen molar-refractivity contribution in [2.45, 2.75) is 45.1 Å². The molecule has 8 nitrogen and oxygen atoms in total. The van der Waals surface area contributed by atoms with Crippen molar-refractivity contribution < 1.29 is 36.0 Å². The van der Waals surface area contributed by atoms with Gasteiger partial charge in [0.1, 0.15) is 0 Å². The first-order valence-electron chi connectivity index (χ1n) is 8.83. The van der Waals surface area contributed by atoms with Gasteiger partial charge < -0.3 is 36.0 Å². The summed E-state index contributed by atoms with van der Waals surface area (Å²) in [5.74, 6) is 0. The zero-order chi connectivity index (χ0) is 18.8. The van der Waals surface area contributed by atoms with Crippen LogP contribution in [0.1, 0.15) is 20.8 Å². The van der Waals surface area contributed by atoms with Crippen molar-refractivity contribution in [3.05, 3.63) is 0 Å². The fourth-order valence-electron chi connectivity index (χ4n) is 2.39. The molecular weight excluding hydrogens is 364 g/mol. The van der Waals surface area contributed by atoms with E-state index in [4.69, 9.17) is 36.0 Å². The van der Waals surface area contributed by atoms with Gasteiger partial charge in [0.2, 0.25) is 0 Å². The zero-order valence-corrected chi connectivity index (χ0v) is 18.4. The van der Waals surface area contributed by atoms with E-state index in [2.05, 4.69) is 0 Å². The Morgan fingerprint density at radius 3 is 1.24 bits per heavy atom. The van der Waals surface area contributed by atoms with Crippen LogP contribution in [-0.4, -0.2) is 84.2 Å². The van der Waals surface area contributed by atoms with Crippen molar-refractivity contribution in [2.75, 3.05) is 54.4 Å². The highest BCUT2D eigenvalue weighted by molar-refractivity contribution is 6.61. The number of hydrogen-bond acceptors (Lipinski definition) is 8. The molecule has 0 aromatic rings. The monoisotopic (exact) mass is 398 g/mol. The molecule has 25 heavy (non-hydrogen) atoms. The Balaban J connectivity index is 0.000000257. The van der Waals surface area contributed by atoms with E-state index < -0.39 is 17.6 Å². The minimum absolute atomic E-state index is 0.293. The molecule has 2 heterocycles. The van der Waals surface area contributed by atoms with Crippen LogP contribution >= 0.6 is 0 Å². The van der Waals surface area contributed by atoms with Crippen molar-refractivity contribution in [3.63, 3.8) is 0 Å². The molecule has 0 saturated carbocycles. The van der Waals surface area contributed by atoms with Crippen molar-refractivity contribution in [1.29, 1.82) is 0 Å². The summed E-state index contributed by atoms with van der Waals surface area (Å²) < 4.78 is 42.9. The molecule has 0 bridgehead atoms. The number of hydrogen-bond donors (Lipinski definition) is 0. The summed E-state index contributed by atoms with van der Waals surface area (Å²) in [6.45, 7) is 9.44. The van der Waals surface area contributed by atoms with Crippen LogP contribution in [0, 0.1) is 0 Å². The summed E-state index contributed by atoms with van der Waals surface area (Å²) in [5.41, 5.74) is 0. The van der Waals surface area contributed by atoms with E-state index in [1.165, 1.54) is 0 Å². The van der Waals surface area contributed by atoms with Gasteiger partial charge in [-0.1, -0.05) is 0 Å². The van der Waals surface area contributed by atoms with Gasteiger partial charge in [-0.2, -0.15) is 0 Å². The van der Waals surface area contributed by atoms with Crippen LogP contribution in [0.3, 0.4) is 0 Å². The summed E-state index contributed by atoms with van der Waals surface area (Å²) in [6.07, 6.45) is 0.591. The molecule has 2 aliphatic heterocycles. The fraction of sp³-hybridized carbons (Fsp3) is 1.00. The molecule has 0 aromatic heterocycles. The van der Waals surface area contributed by atoms with Gasteiger partial charge in [0, 0.05) is 53.2 Å². The lowest BCUT2D eigenvalue weighted by Gasteiger charge is -2.27. The van der Waals surface area contributed by atoms with Gasteiger partial charge in [0.15, 0.2) is 0 Å². The van der Waals surface area contributed by atoms with Crippen LogP contribution in [0.4, 0.5) is 0 Å². The van der Waals surface area contributed by atoms with Gasteiger partial charge in [0.05, 0.1) is 25.4 Å². The van der Waals surface area contributed by atoms with Gasteiger partial charge in [0.25, 0.3) is 0 Å². The van der Waals surface area contributed by atoms with E-state index in [9.17, 15) is 0 Å². The standard InChI is InChI=1S/C9H20O4Si.C6H14O4Si/c1-4-11-14(12-5-2,13-6-3)8-9-7-10-9;1-7-11(8-2,9-3)5-6-4-10-6/h9H,4-8H2,1-3H3;6H,4-5H2,1-3H3. The Kier molecular flexibility index (Phi) is 10.9. The first kappa shape index (κ1) is 23.2. The maximum Gasteiger partial charge on any atom is 0.503 e. The van der Waals surface area contributed by atoms with Crippen LogP contribution in [0.15, 0.2) is 0 Å². The van der Waals surface area contributed by atoms with E-state index in [1.54, 1.807) is 21.3 Å². The summed E-state index contributed by atoms with van der Waals surface area (Å²) in [7, 11) is 0.0740. The van der Waals surface area contributed by atoms with Crippen LogP contribution in [0.25, 0.3) is 0 Å². The van der Waals surface area contributed by atoms with Crippen LogP contribution in [0.2, 0.25) is 12.1 Å². The molecule has 150 valence electrons. The van der Waals surface area contributed by atoms with Gasteiger partial charge in [-0.05, 0) is 20.8 Å². The Hall–Kier alpha value is 0.114. The minimum atomic E-state index is -2.42. The van der Waals surface area contributed by atoms with Gasteiger partial charge >= 0.3 is 17.6 Å². The third-order valence-electron chi connectivity index (χ3n) is 3.79. The van der Waals surface area contributed by atoms with Crippen LogP contribution in [0.5, 0.6) is 0 Å². The van der Waals surface area contributed by atoms with E-state index in [0.29, 0.717) is 32.0 Å². The van der Waals surface area contributed by atoms with Gasteiger partial charge in [-0.3, -0.25) is 0 Å². The van der Waals surface area contributed by atoms with E-state index in [0.717, 1.165) is 25.3 Å². The summed E-state index contributed by atoms with van der Waals surface area (Å²) in [5, 5.41) is 0. The molecule has 2 aliphatic rings. The summed E-state index contributed by atoms with van der Waals surface area (Å²) >= 11 is 0. The second kappa shape index (κ2) is 11.7. The summed E-state index contributed by atoms with van der Waals surface area (Å²) in [6, 6.07) is 1.55. The topological polar surface area (TPSA) is 80.4 Å². The maximum absolute atomic E-state index is 5.68. The Morgan fingerprint density at radius 1 is 0.680 bits per heavy atom. The largest absolute Gasteiger partial charge is 0.503 e. The molecule has 2 atom stereocenters.